The number of ether oxygens (including phenoxy) is 1. The van der Waals surface area contributed by atoms with Gasteiger partial charge in [-0.05, 0) is 31.2 Å². The average Bonchev–Trinajstić information content (AvgIpc) is 2.67. The zero-order valence-electron chi connectivity index (χ0n) is 8.24. The Kier molecular flexibility index (Phi) is 3.03. The number of carboxylic acids is 1. The second-order valence-electron chi connectivity index (χ2n) is 4.22. The molecule has 2 N–H and O–H groups in total. The topological polar surface area (TPSA) is 58.6 Å². The minimum absolute atomic E-state index is 0.182. The van der Waals surface area contributed by atoms with Gasteiger partial charge in [0.2, 0.25) is 0 Å². The third-order valence-corrected chi connectivity index (χ3v) is 3.45. The van der Waals surface area contributed by atoms with Gasteiger partial charge in [-0.2, -0.15) is 0 Å². The van der Waals surface area contributed by atoms with Crippen molar-refractivity contribution in [3.8, 4) is 0 Å². The molecule has 0 aromatic rings. The molecule has 0 aromatic carbocycles. The normalized spacial score (nSPS) is 34.6. The largest absolute Gasteiger partial charge is 0.481 e. The molecule has 4 nitrogen and oxygen atoms in total. The third kappa shape index (κ3) is 1.91. The lowest BCUT2D eigenvalue weighted by Crippen LogP contribution is -2.31. The maximum atomic E-state index is 11.0. The van der Waals surface area contributed by atoms with Crippen molar-refractivity contribution in [2.45, 2.75) is 12.8 Å². The van der Waals surface area contributed by atoms with E-state index in [1.165, 1.54) is 0 Å². The summed E-state index contributed by atoms with van der Waals surface area (Å²) in [6.45, 7) is 3.10. The maximum Gasteiger partial charge on any atom is 0.308 e. The van der Waals surface area contributed by atoms with Crippen LogP contribution in [0.4, 0.5) is 0 Å². The maximum absolute atomic E-state index is 11.0. The lowest BCUT2D eigenvalue weighted by Gasteiger charge is -2.29. The monoisotopic (exact) mass is 199 g/mol. The SMILES string of the molecule is O=C(O)C1CNCC1C1CCOCC1. The van der Waals surface area contributed by atoms with E-state index in [1.54, 1.807) is 0 Å². The summed E-state index contributed by atoms with van der Waals surface area (Å²) in [5.74, 6) is 0.0286. The average molecular weight is 199 g/mol. The number of hydrogen-bond donors (Lipinski definition) is 2. The van der Waals surface area contributed by atoms with Crippen LogP contribution in [0.15, 0.2) is 0 Å². The molecule has 2 unspecified atom stereocenters. The molecule has 0 aliphatic carbocycles. The van der Waals surface area contributed by atoms with Crippen LogP contribution in [-0.4, -0.2) is 37.4 Å². The van der Waals surface area contributed by atoms with E-state index in [4.69, 9.17) is 9.84 Å². The third-order valence-electron chi connectivity index (χ3n) is 3.45. The van der Waals surface area contributed by atoms with E-state index in [0.29, 0.717) is 18.4 Å². The van der Waals surface area contributed by atoms with Crippen molar-refractivity contribution >= 4 is 5.97 Å². The first-order chi connectivity index (χ1) is 6.79. The number of hydrogen-bond acceptors (Lipinski definition) is 3. The summed E-state index contributed by atoms with van der Waals surface area (Å²) in [6.07, 6.45) is 2.05. The van der Waals surface area contributed by atoms with Gasteiger partial charge in [-0.15, -0.1) is 0 Å². The second kappa shape index (κ2) is 4.28. The van der Waals surface area contributed by atoms with Crippen LogP contribution in [0, 0.1) is 17.8 Å². The van der Waals surface area contributed by atoms with Crippen LogP contribution in [0.1, 0.15) is 12.8 Å². The summed E-state index contributed by atoms with van der Waals surface area (Å²) in [5, 5.41) is 12.2. The molecule has 0 aromatic heterocycles. The number of aliphatic carboxylic acids is 1. The molecule has 0 radical (unpaired) electrons. The summed E-state index contributed by atoms with van der Waals surface area (Å²) < 4.78 is 5.29. The molecule has 0 bridgehead atoms. The Balaban J connectivity index is 1.97. The fourth-order valence-electron chi connectivity index (χ4n) is 2.61. The van der Waals surface area contributed by atoms with Crippen molar-refractivity contribution in [1.29, 1.82) is 0 Å². The smallest absolute Gasteiger partial charge is 0.308 e. The van der Waals surface area contributed by atoms with Gasteiger partial charge in [-0.25, -0.2) is 0 Å². The molecule has 4 heteroatoms. The van der Waals surface area contributed by atoms with Crippen molar-refractivity contribution in [3.05, 3.63) is 0 Å². The van der Waals surface area contributed by atoms with Gasteiger partial charge in [0, 0.05) is 19.8 Å². The van der Waals surface area contributed by atoms with Crippen LogP contribution in [-0.2, 0) is 9.53 Å². The minimum Gasteiger partial charge on any atom is -0.481 e. The van der Waals surface area contributed by atoms with Gasteiger partial charge in [0.15, 0.2) is 0 Å². The molecule has 2 aliphatic rings. The lowest BCUT2D eigenvalue weighted by molar-refractivity contribution is -0.143. The fourth-order valence-corrected chi connectivity index (χ4v) is 2.61. The van der Waals surface area contributed by atoms with Crippen molar-refractivity contribution in [3.63, 3.8) is 0 Å². The van der Waals surface area contributed by atoms with Gasteiger partial charge >= 0.3 is 5.97 Å². The summed E-state index contributed by atoms with van der Waals surface area (Å²) in [6, 6.07) is 0. The molecule has 0 amide bonds. The highest BCUT2D eigenvalue weighted by molar-refractivity contribution is 5.71. The zero-order valence-corrected chi connectivity index (χ0v) is 8.24. The highest BCUT2D eigenvalue weighted by Gasteiger charge is 2.38. The minimum atomic E-state index is -0.647. The molecule has 2 rings (SSSR count). The number of carboxylic acid groups (broad SMARTS) is 1. The van der Waals surface area contributed by atoms with Crippen LogP contribution in [0.25, 0.3) is 0 Å². The highest BCUT2D eigenvalue weighted by Crippen LogP contribution is 2.31. The molecular weight excluding hydrogens is 182 g/mol. The Hall–Kier alpha value is -0.610. The standard InChI is InChI=1S/C10H17NO3/c12-10(13)9-6-11-5-8(9)7-1-3-14-4-2-7/h7-9,11H,1-6H2,(H,12,13). The van der Waals surface area contributed by atoms with Gasteiger partial charge in [0.25, 0.3) is 0 Å². The van der Waals surface area contributed by atoms with Crippen LogP contribution in [0.3, 0.4) is 0 Å². The Morgan fingerprint density at radius 2 is 2.00 bits per heavy atom. The first-order valence-electron chi connectivity index (χ1n) is 5.30. The Labute approximate surface area is 83.6 Å². The summed E-state index contributed by atoms with van der Waals surface area (Å²) in [4.78, 5) is 11.0. The van der Waals surface area contributed by atoms with Crippen LogP contribution >= 0.6 is 0 Å². The van der Waals surface area contributed by atoms with Crippen LogP contribution < -0.4 is 5.32 Å². The molecule has 2 heterocycles. The van der Waals surface area contributed by atoms with E-state index in [2.05, 4.69) is 5.32 Å². The molecule has 0 saturated carbocycles. The fraction of sp³-hybridized carbons (Fsp3) is 0.900. The van der Waals surface area contributed by atoms with Crippen molar-refractivity contribution in [2.24, 2.45) is 17.8 Å². The highest BCUT2D eigenvalue weighted by atomic mass is 16.5. The summed E-state index contributed by atoms with van der Waals surface area (Å²) in [5.41, 5.74) is 0. The van der Waals surface area contributed by atoms with Gasteiger partial charge in [-0.1, -0.05) is 0 Å². The van der Waals surface area contributed by atoms with E-state index in [9.17, 15) is 4.79 Å². The van der Waals surface area contributed by atoms with Gasteiger partial charge in [0.05, 0.1) is 5.92 Å². The quantitative estimate of drug-likeness (QED) is 0.673. The van der Waals surface area contributed by atoms with Crippen LogP contribution in [0.2, 0.25) is 0 Å². The summed E-state index contributed by atoms with van der Waals surface area (Å²) >= 11 is 0. The molecule has 14 heavy (non-hydrogen) atoms. The Bertz CT molecular complexity index is 213. The summed E-state index contributed by atoms with van der Waals surface area (Å²) in [7, 11) is 0. The first-order valence-corrected chi connectivity index (χ1v) is 5.30. The van der Waals surface area contributed by atoms with Gasteiger partial charge in [-0.3, -0.25) is 4.79 Å². The van der Waals surface area contributed by atoms with Crippen LogP contribution in [0.5, 0.6) is 0 Å². The molecule has 2 fully saturated rings. The van der Waals surface area contributed by atoms with E-state index in [0.717, 1.165) is 32.6 Å². The number of carbonyl (C=O) groups is 1. The molecule has 80 valence electrons. The Morgan fingerprint density at radius 1 is 1.29 bits per heavy atom. The number of nitrogens with one attached hydrogen (secondary N) is 1. The van der Waals surface area contributed by atoms with E-state index in [1.807, 2.05) is 0 Å². The van der Waals surface area contributed by atoms with Crippen molar-refractivity contribution in [2.75, 3.05) is 26.3 Å². The van der Waals surface area contributed by atoms with Gasteiger partial charge < -0.3 is 15.2 Å². The van der Waals surface area contributed by atoms with E-state index >= 15 is 0 Å². The lowest BCUT2D eigenvalue weighted by atomic mass is 9.80. The molecule has 2 atom stereocenters. The van der Waals surface area contributed by atoms with Crippen molar-refractivity contribution < 1.29 is 14.6 Å². The number of rotatable bonds is 2. The molecule has 0 spiro atoms. The van der Waals surface area contributed by atoms with E-state index < -0.39 is 5.97 Å². The Morgan fingerprint density at radius 3 is 2.64 bits per heavy atom. The predicted molar refractivity (Wildman–Crippen MR) is 51.0 cm³/mol. The van der Waals surface area contributed by atoms with E-state index in [-0.39, 0.29) is 5.92 Å². The molecule has 2 aliphatic heterocycles. The molecule has 2 saturated heterocycles. The first kappa shape index (κ1) is 9.93. The molecular formula is C10H17NO3. The second-order valence-corrected chi connectivity index (χ2v) is 4.22. The predicted octanol–water partition coefficient (Wildman–Crippen LogP) is 0.333. The van der Waals surface area contributed by atoms with Gasteiger partial charge in [0.1, 0.15) is 0 Å². The van der Waals surface area contributed by atoms with Crippen molar-refractivity contribution in [1.82, 2.24) is 5.32 Å². The zero-order chi connectivity index (χ0) is 9.97.